The van der Waals surface area contributed by atoms with Gasteiger partial charge in [-0.05, 0) is 42.5 Å². The highest BCUT2D eigenvalue weighted by Crippen LogP contribution is 2.37. The average molecular weight is 502 g/mol. The van der Waals surface area contributed by atoms with E-state index >= 15 is 0 Å². The Morgan fingerprint density at radius 1 is 0.788 bits per heavy atom. The molecular formula is C21H22F3N3O4S2. The molecular weight excluding hydrogens is 479 g/mol. The second kappa shape index (κ2) is 9.81. The van der Waals surface area contributed by atoms with E-state index in [-0.39, 0.29) is 9.79 Å². The first-order valence-electron chi connectivity index (χ1n) is 9.21. The minimum absolute atomic E-state index is 0.0668. The van der Waals surface area contributed by atoms with Gasteiger partial charge in [0, 0.05) is 19.8 Å². The van der Waals surface area contributed by atoms with E-state index in [1.807, 2.05) is 0 Å². The molecule has 12 heteroatoms. The normalized spacial score (nSPS) is 11.9. The molecule has 3 aromatic carbocycles. The quantitative estimate of drug-likeness (QED) is 0.527. The predicted molar refractivity (Wildman–Crippen MR) is 120 cm³/mol. The van der Waals surface area contributed by atoms with Crippen LogP contribution >= 0.6 is 0 Å². The van der Waals surface area contributed by atoms with Gasteiger partial charge in [-0.25, -0.2) is 22.0 Å². The summed E-state index contributed by atoms with van der Waals surface area (Å²) in [5.74, 6) is 0. The molecule has 0 saturated carbocycles. The van der Waals surface area contributed by atoms with Gasteiger partial charge in [0.2, 0.25) is 19.9 Å². The number of anilines is 2. The van der Waals surface area contributed by atoms with Crippen molar-refractivity contribution in [2.75, 3.05) is 24.7 Å². The molecule has 0 saturated heterocycles. The Hall–Kier alpha value is -3.09. The molecule has 0 aliphatic carbocycles. The van der Waals surface area contributed by atoms with Gasteiger partial charge in [-0.1, -0.05) is 30.3 Å². The van der Waals surface area contributed by atoms with Crippen molar-refractivity contribution in [1.29, 1.82) is 0 Å². The minimum Gasteiger partial charge on any atom is -0.398 e. The van der Waals surface area contributed by atoms with Crippen molar-refractivity contribution in [3.63, 3.8) is 0 Å². The third kappa shape index (κ3) is 6.46. The molecule has 33 heavy (non-hydrogen) atoms. The number of hydrogen-bond acceptors (Lipinski definition) is 6. The summed E-state index contributed by atoms with van der Waals surface area (Å²) in [5, 5.41) is 4.83. The molecule has 0 aliphatic rings. The number of primary sulfonamides is 1. The number of nitrogens with two attached hydrogens (primary N) is 2. The van der Waals surface area contributed by atoms with E-state index in [0.717, 1.165) is 12.1 Å². The van der Waals surface area contributed by atoms with Gasteiger partial charge < -0.3 is 10.6 Å². The molecule has 0 fully saturated rings. The summed E-state index contributed by atoms with van der Waals surface area (Å²) in [5.41, 5.74) is 4.02. The van der Waals surface area contributed by atoms with Crippen LogP contribution < -0.4 is 15.8 Å². The molecule has 0 heterocycles. The van der Waals surface area contributed by atoms with Crippen LogP contribution in [0.1, 0.15) is 5.56 Å². The lowest BCUT2D eigenvalue weighted by atomic mass is 10.2. The van der Waals surface area contributed by atoms with Crippen LogP contribution in [0.2, 0.25) is 0 Å². The van der Waals surface area contributed by atoms with Crippen molar-refractivity contribution in [3.8, 4) is 0 Å². The molecule has 0 aromatic heterocycles. The van der Waals surface area contributed by atoms with Crippen molar-refractivity contribution < 1.29 is 30.0 Å². The molecule has 0 amide bonds. The van der Waals surface area contributed by atoms with E-state index in [1.54, 1.807) is 49.3 Å². The Labute approximate surface area is 190 Å². The summed E-state index contributed by atoms with van der Waals surface area (Å²) >= 11 is 0. The maximum Gasteiger partial charge on any atom is 0.418 e. The maximum absolute atomic E-state index is 12.9. The number of para-hydroxylation sites is 1. The van der Waals surface area contributed by atoms with Crippen LogP contribution in [-0.4, -0.2) is 30.9 Å². The van der Waals surface area contributed by atoms with Crippen molar-refractivity contribution in [2.45, 2.75) is 20.9 Å². The molecule has 0 aliphatic heterocycles. The first-order chi connectivity index (χ1) is 15.2. The number of sulfonamides is 1. The maximum atomic E-state index is 12.9. The Balaban J connectivity index is 0.000000321. The van der Waals surface area contributed by atoms with E-state index in [1.165, 1.54) is 24.3 Å². The van der Waals surface area contributed by atoms with Gasteiger partial charge in [0.15, 0.2) is 0 Å². The van der Waals surface area contributed by atoms with Gasteiger partial charge in [0.05, 0.1) is 25.9 Å². The van der Waals surface area contributed by atoms with Crippen molar-refractivity contribution in [2.24, 2.45) is 5.14 Å². The van der Waals surface area contributed by atoms with E-state index in [0.29, 0.717) is 11.8 Å². The summed E-state index contributed by atoms with van der Waals surface area (Å²) in [7, 11) is -4.31. The molecule has 4 N–H and O–H groups in total. The van der Waals surface area contributed by atoms with Crippen LogP contribution in [0.25, 0.3) is 0 Å². The third-order valence-corrected chi connectivity index (χ3v) is 7.08. The number of sulfone groups is 1. The topological polar surface area (TPSA) is 124 Å². The largest absolute Gasteiger partial charge is 0.418 e. The number of rotatable bonds is 4. The second-order valence-electron chi connectivity index (χ2n) is 6.97. The van der Waals surface area contributed by atoms with E-state index in [4.69, 9.17) is 10.9 Å². The summed E-state index contributed by atoms with van der Waals surface area (Å²) in [6.45, 7) is 0. The molecule has 7 nitrogen and oxygen atoms in total. The number of alkyl halides is 3. The van der Waals surface area contributed by atoms with Gasteiger partial charge in [0.25, 0.3) is 0 Å². The predicted octanol–water partition coefficient (Wildman–Crippen LogP) is 3.52. The van der Waals surface area contributed by atoms with Crippen LogP contribution in [0.15, 0.2) is 87.5 Å². The minimum atomic E-state index is -4.73. The average Bonchev–Trinajstić information content (AvgIpc) is 2.73. The Bertz CT molecular complexity index is 1330. The van der Waals surface area contributed by atoms with Crippen LogP contribution in [0.5, 0.6) is 0 Å². The first kappa shape index (κ1) is 26.2. The van der Waals surface area contributed by atoms with Crippen LogP contribution in [0, 0.1) is 0 Å². The third-order valence-electron chi connectivity index (χ3n) is 4.35. The van der Waals surface area contributed by atoms with E-state index < -0.39 is 42.2 Å². The summed E-state index contributed by atoms with van der Waals surface area (Å²) < 4.78 is 85.5. The van der Waals surface area contributed by atoms with Crippen LogP contribution in [0.3, 0.4) is 0 Å². The van der Waals surface area contributed by atoms with Crippen LogP contribution in [-0.2, 0) is 26.0 Å². The van der Waals surface area contributed by atoms with Gasteiger partial charge in [-0.2, -0.15) is 13.2 Å². The fraction of sp³-hybridized carbons (Fsp3) is 0.143. The number of hydrogen-bond donors (Lipinski definition) is 2. The van der Waals surface area contributed by atoms with Gasteiger partial charge in [-0.15, -0.1) is 0 Å². The first-order valence-corrected chi connectivity index (χ1v) is 12.2. The molecule has 0 spiro atoms. The zero-order valence-corrected chi connectivity index (χ0v) is 19.2. The molecule has 3 aromatic rings. The summed E-state index contributed by atoms with van der Waals surface area (Å²) in [4.78, 5) is 1.21. The van der Waals surface area contributed by atoms with Gasteiger partial charge in [0.1, 0.15) is 0 Å². The second-order valence-corrected chi connectivity index (χ2v) is 10.4. The molecule has 0 bridgehead atoms. The highest BCUT2D eigenvalue weighted by Gasteiger charge is 2.35. The van der Waals surface area contributed by atoms with Gasteiger partial charge in [-0.3, -0.25) is 0 Å². The lowest BCUT2D eigenvalue weighted by Gasteiger charge is -2.18. The fourth-order valence-corrected chi connectivity index (χ4v) is 4.83. The SMILES string of the molecule is CN(C)c1ccccc1S(=O)(=O)c1ccc(N)c(C(F)(F)F)c1.NS(=O)(=O)c1ccccc1. The molecule has 178 valence electrons. The van der Waals surface area contributed by atoms with Crippen LogP contribution in [0.4, 0.5) is 24.5 Å². The highest BCUT2D eigenvalue weighted by molar-refractivity contribution is 7.91. The Kier molecular flexibility index (Phi) is 7.78. The standard InChI is InChI=1S/C15H15F3N2O2S.C6H7NO2S/c1-20(2)13-5-3-4-6-14(13)23(21,22)10-7-8-12(19)11(9-10)15(16,17)18;7-10(8,9)6-4-2-1-3-5-6/h3-9H,19H2,1-2H3;1-5H,(H2,7,8,9). The summed E-state index contributed by atoms with van der Waals surface area (Å²) in [6.07, 6.45) is -4.73. The number of nitrogens with zero attached hydrogens (tertiary/aromatic N) is 1. The molecule has 3 rings (SSSR count). The Morgan fingerprint density at radius 3 is 1.82 bits per heavy atom. The zero-order chi connectivity index (χ0) is 25.0. The van der Waals surface area contributed by atoms with Crippen molar-refractivity contribution >= 4 is 31.2 Å². The number of benzene rings is 3. The monoisotopic (exact) mass is 501 g/mol. The van der Waals surface area contributed by atoms with Crippen molar-refractivity contribution in [1.82, 2.24) is 0 Å². The fourth-order valence-electron chi connectivity index (χ4n) is 2.74. The number of halogens is 3. The van der Waals surface area contributed by atoms with Gasteiger partial charge >= 0.3 is 6.18 Å². The van der Waals surface area contributed by atoms with E-state index in [9.17, 15) is 30.0 Å². The van der Waals surface area contributed by atoms with E-state index in [2.05, 4.69) is 0 Å². The lowest BCUT2D eigenvalue weighted by molar-refractivity contribution is -0.137. The molecule has 0 radical (unpaired) electrons. The number of nitrogen functional groups attached to an aromatic ring is 1. The lowest BCUT2D eigenvalue weighted by Crippen LogP contribution is -2.15. The summed E-state index contributed by atoms with van der Waals surface area (Å²) in [6, 6.07) is 16.6. The molecule has 0 atom stereocenters. The smallest absolute Gasteiger partial charge is 0.398 e. The molecule has 0 unspecified atom stereocenters. The highest BCUT2D eigenvalue weighted by atomic mass is 32.2. The van der Waals surface area contributed by atoms with Crippen molar-refractivity contribution in [3.05, 3.63) is 78.4 Å². The Morgan fingerprint density at radius 2 is 1.33 bits per heavy atom. The zero-order valence-electron chi connectivity index (χ0n) is 17.6.